The lowest BCUT2D eigenvalue weighted by Crippen LogP contribution is -2.42. The fourth-order valence-electron chi connectivity index (χ4n) is 4.21. The van der Waals surface area contributed by atoms with Gasteiger partial charge in [0.2, 0.25) is 0 Å². The van der Waals surface area contributed by atoms with Crippen molar-refractivity contribution in [1.82, 2.24) is 0 Å². The molecule has 0 aromatic rings. The number of aliphatic hydroxyl groups excluding tert-OH is 3. The van der Waals surface area contributed by atoms with Crippen molar-refractivity contribution in [2.45, 2.75) is 134 Å². The number of rotatable bonds is 21. The van der Waals surface area contributed by atoms with Crippen molar-refractivity contribution >= 4 is 0 Å². The number of aliphatic hydroxyl groups is 3. The highest BCUT2D eigenvalue weighted by Gasteiger charge is 2.40. The maximum atomic E-state index is 9.85. The van der Waals surface area contributed by atoms with E-state index in [-0.39, 0.29) is 13.2 Å². The van der Waals surface area contributed by atoms with E-state index < -0.39 is 24.4 Å². The topological polar surface area (TPSA) is 79.2 Å². The molecular formula is C26H50O5. The maximum absolute atomic E-state index is 9.85. The lowest BCUT2D eigenvalue weighted by atomic mass is 10.0. The fourth-order valence-corrected chi connectivity index (χ4v) is 4.21. The summed E-state index contributed by atoms with van der Waals surface area (Å²) in [5.41, 5.74) is 0. The molecule has 0 bridgehead atoms. The van der Waals surface area contributed by atoms with Gasteiger partial charge in [-0.1, -0.05) is 96.1 Å². The van der Waals surface area contributed by atoms with Crippen LogP contribution in [0, 0.1) is 0 Å². The first-order valence-electron chi connectivity index (χ1n) is 13.1. The van der Waals surface area contributed by atoms with Crippen molar-refractivity contribution in [3.63, 3.8) is 0 Å². The average Bonchev–Trinajstić information content (AvgIpc) is 3.11. The minimum atomic E-state index is -0.977. The summed E-state index contributed by atoms with van der Waals surface area (Å²) in [6, 6.07) is 0. The Morgan fingerprint density at radius 1 is 0.806 bits per heavy atom. The van der Waals surface area contributed by atoms with Gasteiger partial charge in [0.1, 0.15) is 24.4 Å². The molecule has 1 aliphatic heterocycles. The quantitative estimate of drug-likeness (QED) is 0.166. The summed E-state index contributed by atoms with van der Waals surface area (Å²) in [5.74, 6) is 0. The molecule has 0 spiro atoms. The van der Waals surface area contributed by atoms with Gasteiger partial charge in [0, 0.05) is 6.61 Å². The third-order valence-electron chi connectivity index (χ3n) is 6.24. The van der Waals surface area contributed by atoms with Crippen molar-refractivity contribution < 1.29 is 24.8 Å². The minimum Gasteiger partial charge on any atom is -0.394 e. The Morgan fingerprint density at radius 3 is 1.77 bits per heavy atom. The van der Waals surface area contributed by atoms with Gasteiger partial charge in [-0.25, -0.2) is 0 Å². The molecule has 31 heavy (non-hydrogen) atoms. The van der Waals surface area contributed by atoms with Gasteiger partial charge in [0.05, 0.1) is 13.2 Å². The van der Waals surface area contributed by atoms with Crippen molar-refractivity contribution in [3.05, 3.63) is 12.2 Å². The van der Waals surface area contributed by atoms with E-state index in [4.69, 9.17) is 9.47 Å². The van der Waals surface area contributed by atoms with Crippen LogP contribution in [0.1, 0.15) is 110 Å². The van der Waals surface area contributed by atoms with Crippen LogP contribution in [-0.4, -0.2) is 59.6 Å². The van der Waals surface area contributed by atoms with Crippen LogP contribution in [0.15, 0.2) is 12.2 Å². The van der Waals surface area contributed by atoms with Crippen LogP contribution in [0.3, 0.4) is 0 Å². The van der Waals surface area contributed by atoms with Gasteiger partial charge in [-0.2, -0.15) is 0 Å². The number of allylic oxidation sites excluding steroid dienone is 2. The van der Waals surface area contributed by atoms with Crippen LogP contribution in [0.5, 0.6) is 0 Å². The minimum absolute atomic E-state index is 0.100. The van der Waals surface area contributed by atoms with Gasteiger partial charge in [-0.3, -0.25) is 0 Å². The molecule has 0 aromatic heterocycles. The van der Waals surface area contributed by atoms with Crippen LogP contribution in [0.4, 0.5) is 0 Å². The number of ether oxygens (including phenoxy) is 2. The van der Waals surface area contributed by atoms with E-state index in [1.54, 1.807) is 0 Å². The van der Waals surface area contributed by atoms with Gasteiger partial charge < -0.3 is 24.8 Å². The molecule has 1 fully saturated rings. The summed E-state index contributed by atoms with van der Waals surface area (Å²) in [5, 5.41) is 28.8. The van der Waals surface area contributed by atoms with Crippen molar-refractivity contribution in [2.75, 3.05) is 19.8 Å². The normalized spacial score (nSPS) is 22.5. The molecular weight excluding hydrogens is 392 g/mol. The Morgan fingerprint density at radius 2 is 1.32 bits per heavy atom. The molecule has 0 radical (unpaired) electrons. The summed E-state index contributed by atoms with van der Waals surface area (Å²) in [6.07, 6.45) is 22.4. The Kier molecular flexibility index (Phi) is 18.6. The van der Waals surface area contributed by atoms with E-state index in [2.05, 4.69) is 19.1 Å². The van der Waals surface area contributed by atoms with Crippen molar-refractivity contribution in [3.8, 4) is 0 Å². The number of hydrogen-bond acceptors (Lipinski definition) is 5. The summed E-state index contributed by atoms with van der Waals surface area (Å²) in [6.45, 7) is 2.65. The summed E-state index contributed by atoms with van der Waals surface area (Å²) in [4.78, 5) is 0. The van der Waals surface area contributed by atoms with E-state index in [9.17, 15) is 15.3 Å². The number of unbranched alkanes of at least 4 members (excludes halogenated alkanes) is 14. The maximum Gasteiger partial charge on any atom is 0.114 e. The smallest absolute Gasteiger partial charge is 0.114 e. The highest BCUT2D eigenvalue weighted by Crippen LogP contribution is 2.20. The van der Waals surface area contributed by atoms with Crippen LogP contribution in [0.2, 0.25) is 0 Å². The Bertz CT molecular complexity index is 415. The molecule has 5 nitrogen and oxygen atoms in total. The van der Waals surface area contributed by atoms with Gasteiger partial charge in [-0.05, 0) is 25.7 Å². The first-order valence-corrected chi connectivity index (χ1v) is 13.1. The molecule has 4 atom stereocenters. The molecule has 0 saturated carbocycles. The zero-order chi connectivity index (χ0) is 22.6. The third kappa shape index (κ3) is 14.3. The van der Waals surface area contributed by atoms with Gasteiger partial charge in [0.25, 0.3) is 0 Å². The first-order chi connectivity index (χ1) is 15.2. The predicted octanol–water partition coefficient (Wildman–Crippen LogP) is 5.30. The van der Waals surface area contributed by atoms with Crippen LogP contribution in [0.25, 0.3) is 0 Å². The van der Waals surface area contributed by atoms with E-state index in [0.29, 0.717) is 6.61 Å². The monoisotopic (exact) mass is 442 g/mol. The van der Waals surface area contributed by atoms with Gasteiger partial charge >= 0.3 is 0 Å². The summed E-state index contributed by atoms with van der Waals surface area (Å²) >= 11 is 0. The second-order valence-corrected chi connectivity index (χ2v) is 9.07. The SMILES string of the molecule is CC/C=C/CCCCCCCCCCCCCCCCO[C@H](CO)[C@@H]1OC[C@H](O)[C@@H]1O. The molecule has 0 unspecified atom stereocenters. The molecule has 5 heteroatoms. The lowest BCUT2D eigenvalue weighted by molar-refractivity contribution is -0.101. The van der Waals surface area contributed by atoms with Gasteiger partial charge in [-0.15, -0.1) is 0 Å². The largest absolute Gasteiger partial charge is 0.394 e. The first kappa shape index (κ1) is 28.6. The van der Waals surface area contributed by atoms with E-state index in [0.717, 1.165) is 19.3 Å². The molecule has 1 heterocycles. The molecule has 3 N–H and O–H groups in total. The summed E-state index contributed by atoms with van der Waals surface area (Å²) in [7, 11) is 0. The second kappa shape index (κ2) is 20.2. The van der Waals surface area contributed by atoms with Crippen LogP contribution >= 0.6 is 0 Å². The van der Waals surface area contributed by atoms with E-state index in [1.165, 1.54) is 83.5 Å². The zero-order valence-electron chi connectivity index (χ0n) is 20.1. The Labute approximate surface area is 191 Å². The highest BCUT2D eigenvalue weighted by molar-refractivity contribution is 4.88. The van der Waals surface area contributed by atoms with E-state index >= 15 is 0 Å². The Hall–Kier alpha value is -0.460. The second-order valence-electron chi connectivity index (χ2n) is 9.07. The van der Waals surface area contributed by atoms with Crippen molar-refractivity contribution in [1.29, 1.82) is 0 Å². The molecule has 1 aliphatic rings. The molecule has 1 rings (SSSR count). The van der Waals surface area contributed by atoms with Crippen LogP contribution < -0.4 is 0 Å². The van der Waals surface area contributed by atoms with E-state index in [1.807, 2.05) is 0 Å². The summed E-state index contributed by atoms with van der Waals surface area (Å²) < 4.78 is 11.0. The van der Waals surface area contributed by atoms with Gasteiger partial charge in [0.15, 0.2) is 0 Å². The third-order valence-corrected chi connectivity index (χ3v) is 6.24. The molecule has 184 valence electrons. The lowest BCUT2D eigenvalue weighted by Gasteiger charge is -2.24. The highest BCUT2D eigenvalue weighted by atomic mass is 16.6. The fraction of sp³-hybridized carbons (Fsp3) is 0.923. The van der Waals surface area contributed by atoms with Crippen LogP contribution in [-0.2, 0) is 9.47 Å². The molecule has 0 aromatic carbocycles. The van der Waals surface area contributed by atoms with Crippen molar-refractivity contribution in [2.24, 2.45) is 0 Å². The zero-order valence-corrected chi connectivity index (χ0v) is 20.1. The average molecular weight is 443 g/mol. The molecule has 0 aliphatic carbocycles. The Balaban J connectivity index is 1.79. The number of hydrogen-bond donors (Lipinski definition) is 3. The molecule has 1 saturated heterocycles. The molecule has 0 amide bonds. The predicted molar refractivity (Wildman–Crippen MR) is 127 cm³/mol. The standard InChI is InChI=1S/C26H50O5/c1-2-3-4-5-6-7-8-9-10-11-12-13-14-15-16-17-18-19-20-30-24(21-27)26-25(29)23(28)22-31-26/h3-4,23-29H,2,5-22H2,1H3/b4-3+/t23-,24+,25-,26-/m0/s1.